The summed E-state index contributed by atoms with van der Waals surface area (Å²) < 4.78 is 30.1. The molecule has 3 saturated heterocycles. The lowest BCUT2D eigenvalue weighted by Gasteiger charge is -2.38. The maximum atomic E-state index is 12.9. The van der Waals surface area contributed by atoms with Crippen LogP contribution >= 0.6 is 0 Å². The van der Waals surface area contributed by atoms with Crippen LogP contribution in [0.3, 0.4) is 0 Å². The molecule has 5 aliphatic heterocycles. The SMILES string of the molecule is Cc1cc(N2CCc3c(nc(OCC4CCN(CC(=O)N(C)C)C4)nc3N3CCN(C(=O)OCc4ccccc4)CC3)C2)c2ccccc2c1.Cc1cc(N2CCc3c(nc(S(C)=O)nc3N3CCN(C(=O)OCc4ccccc4)CC3)C2)c2ccccc2c1. The number of anilines is 4. The number of likely N-dealkylation sites (N-methyl/N-ethyl adjacent to an activating group) is 1. The van der Waals surface area contributed by atoms with Crippen LogP contribution in [0.4, 0.5) is 32.6 Å². The molecule has 2 atom stereocenters. The molecule has 6 aromatic carbocycles. The molecule has 8 aromatic rings. The number of carbonyl (C=O) groups is 3. The van der Waals surface area contributed by atoms with Crippen LogP contribution in [0.2, 0.25) is 0 Å². The van der Waals surface area contributed by atoms with Crippen molar-refractivity contribution in [1.82, 2.24) is 39.5 Å². The molecule has 0 radical (unpaired) electrons. The van der Waals surface area contributed by atoms with E-state index in [4.69, 9.17) is 34.1 Å². The van der Waals surface area contributed by atoms with Crippen molar-refractivity contribution >= 4 is 73.4 Å². The fourth-order valence-electron chi connectivity index (χ4n) is 12.8. The maximum absolute atomic E-state index is 12.9. The van der Waals surface area contributed by atoms with Crippen LogP contribution in [0.25, 0.3) is 21.5 Å². The number of hydrogen-bond acceptors (Lipinski definition) is 16. The Kier molecular flexibility index (Phi) is 19.0. The molecule has 19 nitrogen and oxygen atoms in total. The topological polar surface area (TPSA) is 173 Å². The Hall–Kier alpha value is -8.88. The number of carbonyl (C=O) groups excluding carboxylic acids is 3. The highest BCUT2D eigenvalue weighted by Gasteiger charge is 2.33. The predicted octanol–water partition coefficient (Wildman–Crippen LogP) is 9.45. The highest BCUT2D eigenvalue weighted by molar-refractivity contribution is 7.84. The zero-order chi connectivity index (χ0) is 62.3. The summed E-state index contributed by atoms with van der Waals surface area (Å²) in [4.78, 5) is 74.2. The number of nitrogens with zero attached hydrogens (tertiary/aromatic N) is 12. The molecule has 0 bridgehead atoms. The van der Waals surface area contributed by atoms with E-state index in [0.717, 1.165) is 90.7 Å². The van der Waals surface area contributed by atoms with Gasteiger partial charge >= 0.3 is 18.2 Å². The van der Waals surface area contributed by atoms with Crippen LogP contribution in [-0.4, -0.2) is 174 Å². The number of amides is 3. The molecule has 468 valence electrons. The molecule has 2 unspecified atom stereocenters. The average Bonchev–Trinajstić information content (AvgIpc) is 1.25. The van der Waals surface area contributed by atoms with Gasteiger partial charge in [0.25, 0.3) is 0 Å². The molecule has 20 heteroatoms. The Balaban J connectivity index is 0.000000179. The van der Waals surface area contributed by atoms with Crippen LogP contribution in [0.15, 0.2) is 139 Å². The summed E-state index contributed by atoms with van der Waals surface area (Å²) in [6.07, 6.45) is 3.61. The number of rotatable bonds is 14. The highest BCUT2D eigenvalue weighted by atomic mass is 32.2. The molecule has 2 aromatic heterocycles. The van der Waals surface area contributed by atoms with Gasteiger partial charge in [-0.15, -0.1) is 0 Å². The molecule has 0 saturated carbocycles. The minimum atomic E-state index is -1.31. The van der Waals surface area contributed by atoms with Crippen LogP contribution in [0.1, 0.15) is 51.2 Å². The Morgan fingerprint density at radius 3 is 1.53 bits per heavy atom. The summed E-state index contributed by atoms with van der Waals surface area (Å²) in [7, 11) is 2.28. The third-order valence-corrected chi connectivity index (χ3v) is 18.4. The van der Waals surface area contributed by atoms with Crippen molar-refractivity contribution in [2.24, 2.45) is 5.92 Å². The van der Waals surface area contributed by atoms with Crippen LogP contribution < -0.4 is 24.3 Å². The van der Waals surface area contributed by atoms with Crippen molar-refractivity contribution in [3.05, 3.63) is 178 Å². The normalized spacial score (nSPS) is 17.1. The third kappa shape index (κ3) is 14.4. The first kappa shape index (κ1) is 61.4. The molecule has 90 heavy (non-hydrogen) atoms. The average molecular weight is 1230 g/mol. The number of benzene rings is 6. The van der Waals surface area contributed by atoms with Crippen molar-refractivity contribution in [3.63, 3.8) is 0 Å². The largest absolute Gasteiger partial charge is 0.463 e. The van der Waals surface area contributed by atoms with E-state index in [1.54, 1.807) is 35.1 Å². The van der Waals surface area contributed by atoms with Crippen molar-refractivity contribution < 1.29 is 32.8 Å². The number of aromatic nitrogens is 4. The maximum Gasteiger partial charge on any atom is 0.410 e. The monoisotopic (exact) mass is 1230 g/mol. The number of piperazine rings is 2. The van der Waals surface area contributed by atoms with Gasteiger partial charge in [0, 0.05) is 132 Å². The summed E-state index contributed by atoms with van der Waals surface area (Å²) in [5.41, 5.74) is 11.0. The van der Waals surface area contributed by atoms with E-state index in [0.29, 0.717) is 95.7 Å². The summed E-state index contributed by atoms with van der Waals surface area (Å²) in [6, 6.07) is 45.9. The van der Waals surface area contributed by atoms with E-state index in [2.05, 4.69) is 111 Å². The third-order valence-electron chi connectivity index (χ3n) is 17.7. The quantitative estimate of drug-likeness (QED) is 0.0942. The zero-order valence-electron chi connectivity index (χ0n) is 52.3. The Morgan fingerprint density at radius 2 is 1.03 bits per heavy atom. The van der Waals surface area contributed by atoms with Crippen molar-refractivity contribution in [1.29, 1.82) is 0 Å². The second kappa shape index (κ2) is 27.9. The number of fused-ring (bicyclic) bond motifs is 4. The molecule has 7 heterocycles. The fraction of sp³-hybridized carbons (Fsp3) is 0.386. The summed E-state index contributed by atoms with van der Waals surface area (Å²) in [5.74, 6) is 2.17. The fourth-order valence-corrected chi connectivity index (χ4v) is 13.3. The second-order valence-corrected chi connectivity index (χ2v) is 25.6. The van der Waals surface area contributed by atoms with E-state index in [-0.39, 0.29) is 31.3 Å². The van der Waals surface area contributed by atoms with Crippen LogP contribution in [0.5, 0.6) is 6.01 Å². The summed E-state index contributed by atoms with van der Waals surface area (Å²) in [5, 5.41) is 5.27. The van der Waals surface area contributed by atoms with Gasteiger partial charge in [-0.05, 0) is 84.8 Å². The van der Waals surface area contributed by atoms with Gasteiger partial charge in [-0.25, -0.2) is 19.6 Å². The lowest BCUT2D eigenvalue weighted by atomic mass is 10.0. The Bertz CT molecular complexity index is 3900. The van der Waals surface area contributed by atoms with E-state index < -0.39 is 10.8 Å². The number of ether oxygens (including phenoxy) is 3. The first-order valence-electron chi connectivity index (χ1n) is 31.3. The zero-order valence-corrected chi connectivity index (χ0v) is 53.1. The lowest BCUT2D eigenvalue weighted by molar-refractivity contribution is -0.129. The molecule has 0 spiro atoms. The molecular weight excluding hydrogens is 1150 g/mol. The van der Waals surface area contributed by atoms with Crippen molar-refractivity contribution in [2.75, 3.05) is 132 Å². The first-order valence-corrected chi connectivity index (χ1v) is 32.9. The van der Waals surface area contributed by atoms with Crippen LogP contribution in [-0.2, 0) is 64.2 Å². The number of aryl methyl sites for hydroxylation is 2. The van der Waals surface area contributed by atoms with Gasteiger partial charge in [0.05, 0.1) is 48.4 Å². The van der Waals surface area contributed by atoms with E-state index in [1.165, 1.54) is 44.0 Å². The van der Waals surface area contributed by atoms with Gasteiger partial charge < -0.3 is 48.5 Å². The minimum Gasteiger partial charge on any atom is -0.463 e. The molecule has 13 rings (SSSR count). The second-order valence-electron chi connectivity index (χ2n) is 24.3. The van der Waals surface area contributed by atoms with Crippen molar-refractivity contribution in [3.8, 4) is 6.01 Å². The molecule has 0 N–H and O–H groups in total. The smallest absolute Gasteiger partial charge is 0.410 e. The number of likely N-dealkylation sites (tertiary alicyclic amines) is 1. The highest BCUT2D eigenvalue weighted by Crippen LogP contribution is 2.37. The van der Waals surface area contributed by atoms with Gasteiger partial charge in [0.2, 0.25) is 11.1 Å². The van der Waals surface area contributed by atoms with Gasteiger partial charge in [-0.1, -0.05) is 121 Å². The lowest BCUT2D eigenvalue weighted by Crippen LogP contribution is -2.49. The molecule has 5 aliphatic rings. The minimum absolute atomic E-state index is 0.115. The van der Waals surface area contributed by atoms with Gasteiger partial charge in [-0.3, -0.25) is 13.9 Å². The number of hydrogen-bond donors (Lipinski definition) is 0. The predicted molar refractivity (Wildman–Crippen MR) is 353 cm³/mol. The van der Waals surface area contributed by atoms with Crippen LogP contribution in [0, 0.1) is 19.8 Å². The van der Waals surface area contributed by atoms with Gasteiger partial charge in [-0.2, -0.15) is 9.97 Å². The molecule has 0 aliphatic carbocycles. The van der Waals surface area contributed by atoms with E-state index in [9.17, 15) is 18.6 Å². The van der Waals surface area contributed by atoms with Crippen molar-refractivity contribution in [2.45, 2.75) is 64.6 Å². The van der Waals surface area contributed by atoms with E-state index >= 15 is 0 Å². The van der Waals surface area contributed by atoms with Gasteiger partial charge in [0.1, 0.15) is 24.8 Å². The Morgan fingerprint density at radius 1 is 0.556 bits per heavy atom. The molecule has 3 fully saturated rings. The molecule has 3 amide bonds. The first-order chi connectivity index (χ1) is 43.8. The Labute approximate surface area is 529 Å². The standard InChI is InChI=1S/C39H47N7O4.C31H33N5O3S/c1-28-21-31-11-7-8-12-32(31)35(22-28)46-16-14-33-34(24-46)40-38(49-27-30-13-15-43(23-30)25-36(47)42(2)3)41-37(33)44-17-19-45(20-18-44)39(48)50-26-29-9-5-4-6-10-29;1-22-18-24-10-6-7-11-25(24)28(19-22)36-13-12-26-27(20-36)32-30(40(2)38)33-29(26)34-14-16-35(17-15-34)31(37)39-21-23-8-4-3-5-9-23/h4-12,21-22,30H,13-20,23-27H2,1-3H3;3-11,18-19H,12-17,20-21H2,1-2H3. The molecular formula is C70H80N12O7S. The van der Waals surface area contributed by atoms with E-state index in [1.807, 2.05) is 60.7 Å². The summed E-state index contributed by atoms with van der Waals surface area (Å²) >= 11 is 0. The van der Waals surface area contributed by atoms with Gasteiger partial charge in [0.15, 0.2) is 0 Å². The summed E-state index contributed by atoms with van der Waals surface area (Å²) in [6.45, 7) is 15.1.